The van der Waals surface area contributed by atoms with E-state index in [9.17, 15) is 20.1 Å². The summed E-state index contributed by atoms with van der Waals surface area (Å²) < 4.78 is 46.3. The van der Waals surface area contributed by atoms with E-state index in [0.29, 0.717) is 128 Å². The highest BCUT2D eigenvalue weighted by atomic mass is 35.5. The highest BCUT2D eigenvalue weighted by molar-refractivity contribution is 6.17. The minimum atomic E-state index is -0.242. The number of nitrogens with one attached hydrogen (secondary N) is 5. The third kappa shape index (κ3) is 16.3. The zero-order valence-corrected chi connectivity index (χ0v) is 47.3. The van der Waals surface area contributed by atoms with Gasteiger partial charge in [-0.25, -0.2) is 0 Å². The van der Waals surface area contributed by atoms with E-state index >= 15 is 0 Å². The SMILES string of the molecule is CNC(=O)COc1ccccc1Oc1ccc(Nc2c(C#N)cnc3cc(OCCCCl)c(OC)cc23)cc1.CNC(=O)COc1ccccc1Oc1ccc(Nc2c(C#N)cnc3cc(OCCCNC4CCCC4)c(OC)cc23)cc1. The van der Waals surface area contributed by atoms with Crippen LogP contribution in [0.25, 0.3) is 21.8 Å². The summed E-state index contributed by atoms with van der Waals surface area (Å²) in [5.41, 5.74) is 4.79. The van der Waals surface area contributed by atoms with Crippen molar-refractivity contribution in [1.82, 2.24) is 25.9 Å². The van der Waals surface area contributed by atoms with Crippen molar-refractivity contribution >= 4 is 68.0 Å². The highest BCUT2D eigenvalue weighted by Crippen LogP contribution is 2.40. The number of carbonyl (C=O) groups excluding carboxylic acids is 2. The number of para-hydroxylation sites is 4. The van der Waals surface area contributed by atoms with Gasteiger partial charge < -0.3 is 64.5 Å². The second-order valence-corrected chi connectivity index (χ2v) is 19.1. The van der Waals surface area contributed by atoms with Crippen LogP contribution in [-0.2, 0) is 9.59 Å². The van der Waals surface area contributed by atoms with Crippen LogP contribution < -0.4 is 64.5 Å². The highest BCUT2D eigenvalue weighted by Gasteiger charge is 2.19. The Morgan fingerprint density at radius 2 is 1.00 bits per heavy atom. The van der Waals surface area contributed by atoms with E-state index < -0.39 is 0 Å². The third-order valence-corrected chi connectivity index (χ3v) is 13.4. The zero-order valence-electron chi connectivity index (χ0n) is 46.5. The summed E-state index contributed by atoms with van der Waals surface area (Å²) in [6.45, 7) is 1.69. The molecule has 1 aliphatic carbocycles. The molecule has 8 aromatic rings. The number of rotatable bonds is 26. The molecule has 0 spiro atoms. The van der Waals surface area contributed by atoms with Gasteiger partial charge in [0.05, 0.1) is 61.0 Å². The van der Waals surface area contributed by atoms with Crippen molar-refractivity contribution in [1.29, 1.82) is 10.5 Å². The molecule has 5 N–H and O–H groups in total. The first-order chi connectivity index (χ1) is 40.6. The van der Waals surface area contributed by atoms with E-state index in [1.165, 1.54) is 31.9 Å². The van der Waals surface area contributed by atoms with Crippen LogP contribution in [0.1, 0.15) is 49.7 Å². The second kappa shape index (κ2) is 30.2. The van der Waals surface area contributed by atoms with Gasteiger partial charge in [0.2, 0.25) is 0 Å². The number of aromatic nitrogens is 2. The molecule has 19 nitrogen and oxygen atoms in total. The molecule has 83 heavy (non-hydrogen) atoms. The van der Waals surface area contributed by atoms with Crippen LogP contribution in [0.5, 0.6) is 57.5 Å². The van der Waals surface area contributed by atoms with E-state index in [-0.39, 0.29) is 25.0 Å². The van der Waals surface area contributed by atoms with Crippen LogP contribution >= 0.6 is 11.6 Å². The lowest BCUT2D eigenvalue weighted by Gasteiger charge is -2.16. The van der Waals surface area contributed by atoms with Crippen molar-refractivity contribution in [2.24, 2.45) is 0 Å². The van der Waals surface area contributed by atoms with Gasteiger partial charge in [-0.05, 0) is 117 Å². The fourth-order valence-corrected chi connectivity index (χ4v) is 8.91. The summed E-state index contributed by atoms with van der Waals surface area (Å²) in [5, 5.41) is 36.4. The number of carbonyl (C=O) groups is 2. The molecule has 20 heteroatoms. The van der Waals surface area contributed by atoms with Crippen molar-refractivity contribution < 1.29 is 47.5 Å². The number of halogens is 1. The zero-order chi connectivity index (χ0) is 58.3. The second-order valence-electron chi connectivity index (χ2n) is 18.7. The molecule has 2 heterocycles. The summed E-state index contributed by atoms with van der Waals surface area (Å²) in [6, 6.07) is 41.2. The van der Waals surface area contributed by atoms with Crippen molar-refractivity contribution in [3.63, 3.8) is 0 Å². The molecule has 428 valence electrons. The minimum Gasteiger partial charge on any atom is -0.493 e. The molecule has 2 amide bonds. The number of alkyl halides is 1. The van der Waals surface area contributed by atoms with E-state index in [2.05, 4.69) is 48.7 Å². The summed E-state index contributed by atoms with van der Waals surface area (Å²) in [7, 11) is 6.26. The van der Waals surface area contributed by atoms with E-state index in [1.807, 2.05) is 54.6 Å². The first-order valence-electron chi connectivity index (χ1n) is 26.9. The first-order valence-corrected chi connectivity index (χ1v) is 27.5. The molecule has 2 aromatic heterocycles. The molecule has 0 saturated heterocycles. The summed E-state index contributed by atoms with van der Waals surface area (Å²) in [4.78, 5) is 32.1. The lowest BCUT2D eigenvalue weighted by atomic mass is 10.1. The number of methoxy groups -OCH3 is 2. The average Bonchev–Trinajstić information content (AvgIpc) is 4.20. The molecule has 0 bridgehead atoms. The van der Waals surface area contributed by atoms with Gasteiger partial charge >= 0.3 is 0 Å². The Hall–Kier alpha value is -9.69. The van der Waals surface area contributed by atoms with Gasteiger partial charge in [-0.15, -0.1) is 11.6 Å². The normalized spacial score (nSPS) is 11.7. The molecule has 0 radical (unpaired) electrons. The van der Waals surface area contributed by atoms with E-state index in [4.69, 9.17) is 49.5 Å². The monoisotopic (exact) mass is 1140 g/mol. The number of nitrogens with zero attached hydrogens (tertiary/aromatic N) is 4. The molecule has 0 unspecified atom stereocenters. The largest absolute Gasteiger partial charge is 0.493 e. The number of benzene rings is 6. The summed E-state index contributed by atoms with van der Waals surface area (Å²) >= 11 is 5.76. The van der Waals surface area contributed by atoms with Gasteiger partial charge in [0, 0.05) is 72.7 Å². The fourth-order valence-electron chi connectivity index (χ4n) is 8.80. The number of nitriles is 2. The average molecular weight is 1140 g/mol. The molecule has 0 atom stereocenters. The molecular weight excluding hydrogens is 1080 g/mol. The van der Waals surface area contributed by atoms with Crippen molar-refractivity contribution in [3.8, 4) is 69.6 Å². The molecule has 1 fully saturated rings. The topological polar surface area (TPSA) is 241 Å². The fraction of sp³-hybridized carbons (Fsp3) is 0.270. The number of anilines is 4. The summed E-state index contributed by atoms with van der Waals surface area (Å²) in [6.07, 6.45) is 9.81. The predicted octanol–water partition coefficient (Wildman–Crippen LogP) is 11.9. The number of ether oxygens (including phenoxy) is 8. The van der Waals surface area contributed by atoms with Crippen LogP contribution in [0.2, 0.25) is 0 Å². The Kier molecular flexibility index (Phi) is 21.6. The molecule has 1 aliphatic rings. The molecule has 9 rings (SSSR count). The van der Waals surface area contributed by atoms with Gasteiger partial charge in [0.1, 0.15) is 23.6 Å². The predicted molar refractivity (Wildman–Crippen MR) is 319 cm³/mol. The van der Waals surface area contributed by atoms with Gasteiger partial charge in [-0.2, -0.15) is 10.5 Å². The standard InChI is InChI=1S/C34H37N5O5.C29H27ClN4O5/c1-36-33(40)22-43-29-10-5-6-11-30(29)44-26-14-12-25(13-15-26)39-34-23(20-35)21-38-28-19-32(31(41-2)18-27(28)34)42-17-7-16-37-24-8-3-4-9-24;1-32-28(35)18-38-24-6-3-4-7-25(24)39-21-10-8-20(9-11-21)34-29-19(16-31)17-33-23-15-27(37-13-5-12-30)26(36-2)14-22(23)29/h5-6,10-15,18-19,21,24,37H,3-4,7-9,16-17,22H2,1-2H3,(H,36,40)(H,38,39);3-4,6-11,14-15,17H,5,12-13,18H2,1-2H3,(H,32,35)(H,33,34). The molecule has 0 aliphatic heterocycles. The lowest BCUT2D eigenvalue weighted by molar-refractivity contribution is -0.123. The smallest absolute Gasteiger partial charge is 0.257 e. The molecule has 6 aromatic carbocycles. The molecular formula is C63H64ClN9O10. The van der Waals surface area contributed by atoms with Crippen LogP contribution in [0.4, 0.5) is 22.7 Å². The summed E-state index contributed by atoms with van der Waals surface area (Å²) in [5.74, 6) is 5.30. The van der Waals surface area contributed by atoms with Crippen LogP contribution in [0.3, 0.4) is 0 Å². The number of fused-ring (bicyclic) bond motifs is 2. The van der Waals surface area contributed by atoms with Crippen LogP contribution in [0, 0.1) is 22.7 Å². The quantitative estimate of drug-likeness (QED) is 0.0250. The Morgan fingerprint density at radius 3 is 1.41 bits per heavy atom. The van der Waals surface area contributed by atoms with Crippen molar-refractivity contribution in [3.05, 3.63) is 145 Å². The minimum absolute atomic E-state index is 0.114. The van der Waals surface area contributed by atoms with Gasteiger partial charge in [-0.1, -0.05) is 37.1 Å². The van der Waals surface area contributed by atoms with Crippen molar-refractivity contribution in [2.75, 3.05) is 77.8 Å². The first kappa shape index (κ1) is 59.4. The number of likely N-dealkylation sites (N-methyl/N-ethyl adjacent to an activating group) is 2. The number of hydrogen-bond acceptors (Lipinski definition) is 17. The van der Waals surface area contributed by atoms with E-state index in [1.54, 1.807) is 101 Å². The van der Waals surface area contributed by atoms with Gasteiger partial charge in [0.25, 0.3) is 11.8 Å². The third-order valence-electron chi connectivity index (χ3n) is 13.1. The Labute approximate surface area is 486 Å². The van der Waals surface area contributed by atoms with Crippen LogP contribution in [-0.4, -0.2) is 95.0 Å². The maximum atomic E-state index is 11.6. The number of amides is 2. The Morgan fingerprint density at radius 1 is 0.566 bits per heavy atom. The maximum Gasteiger partial charge on any atom is 0.257 e. The van der Waals surface area contributed by atoms with Crippen LogP contribution in [0.15, 0.2) is 134 Å². The van der Waals surface area contributed by atoms with Gasteiger partial charge in [-0.3, -0.25) is 19.6 Å². The maximum absolute atomic E-state index is 11.6. The van der Waals surface area contributed by atoms with E-state index in [0.717, 1.165) is 29.7 Å². The molecule has 1 saturated carbocycles. The van der Waals surface area contributed by atoms with Gasteiger partial charge in [0.15, 0.2) is 59.2 Å². The Balaban J connectivity index is 0.000000219. The lowest BCUT2D eigenvalue weighted by Crippen LogP contribution is -2.27. The number of hydrogen-bond donors (Lipinski definition) is 5. The Bertz CT molecular complexity index is 3570. The number of pyridine rings is 2. The van der Waals surface area contributed by atoms with Crippen molar-refractivity contribution in [2.45, 2.75) is 44.6 Å².